The van der Waals surface area contributed by atoms with E-state index in [1.54, 1.807) is 12.1 Å². The van der Waals surface area contributed by atoms with Crippen molar-refractivity contribution in [2.45, 2.75) is 13.0 Å². The van der Waals surface area contributed by atoms with Crippen molar-refractivity contribution in [3.05, 3.63) is 23.2 Å². The predicted molar refractivity (Wildman–Crippen MR) is 85.4 cm³/mol. The Kier molecular flexibility index (Phi) is 3.65. The lowest BCUT2D eigenvalue weighted by molar-refractivity contribution is 0.382. The highest BCUT2D eigenvalue weighted by atomic mass is 35.5. The first-order valence-electron chi connectivity index (χ1n) is 6.78. The Hall–Kier alpha value is -1.92. The smallest absolute Gasteiger partial charge is 0.179 e. The molecule has 0 aliphatic rings. The molecular weight excluding hydrogens is 288 g/mol. The van der Waals surface area contributed by atoms with Gasteiger partial charge in [-0.2, -0.15) is 5.10 Å². The molecule has 0 saturated carbocycles. The molecule has 6 nitrogen and oxygen atoms in total. The second kappa shape index (κ2) is 5.46. The first-order valence-corrected chi connectivity index (χ1v) is 7.16. The number of hydrogen-bond acceptors (Lipinski definition) is 5. The lowest BCUT2D eigenvalue weighted by atomic mass is 10.3. The van der Waals surface area contributed by atoms with Gasteiger partial charge in [-0.15, -0.1) is 0 Å². The van der Waals surface area contributed by atoms with Crippen LogP contribution in [0.3, 0.4) is 0 Å². The van der Waals surface area contributed by atoms with E-state index >= 15 is 0 Å². The molecule has 0 aliphatic carbocycles. The maximum Gasteiger partial charge on any atom is 0.179 e. The molecule has 2 N–H and O–H groups in total. The average Bonchev–Trinajstić information content (AvgIpc) is 2.72. The van der Waals surface area contributed by atoms with Gasteiger partial charge in [0.2, 0.25) is 0 Å². The Morgan fingerprint density at radius 1 is 1.24 bits per heavy atom. The van der Waals surface area contributed by atoms with Crippen LogP contribution in [-0.4, -0.2) is 45.3 Å². The van der Waals surface area contributed by atoms with Crippen LogP contribution in [0.2, 0.25) is 5.02 Å². The summed E-state index contributed by atoms with van der Waals surface area (Å²) in [5, 5.41) is 4.98. The summed E-state index contributed by atoms with van der Waals surface area (Å²) < 4.78 is 1.83. The van der Waals surface area contributed by atoms with E-state index in [0.717, 1.165) is 36.2 Å². The molecule has 0 radical (unpaired) electrons. The van der Waals surface area contributed by atoms with Crippen LogP contribution >= 0.6 is 11.6 Å². The molecule has 21 heavy (non-hydrogen) atoms. The molecule has 2 aromatic heterocycles. The number of nitrogen functional groups attached to an aromatic ring is 1. The third-order valence-electron chi connectivity index (χ3n) is 3.30. The van der Waals surface area contributed by atoms with E-state index in [1.807, 2.05) is 24.8 Å². The molecular formula is C14H17ClN6. The van der Waals surface area contributed by atoms with E-state index in [1.165, 1.54) is 0 Å². The van der Waals surface area contributed by atoms with Crippen molar-refractivity contribution in [2.75, 3.05) is 26.4 Å². The Bertz CT molecular complexity index is 795. The number of aryl methyl sites for hydroxylation is 1. The highest BCUT2D eigenvalue weighted by molar-refractivity contribution is 6.31. The molecule has 0 amide bonds. The van der Waals surface area contributed by atoms with Gasteiger partial charge in [-0.05, 0) is 45.3 Å². The molecule has 0 unspecified atom stereocenters. The molecule has 0 fully saturated rings. The largest absolute Gasteiger partial charge is 0.380 e. The fourth-order valence-electron chi connectivity index (χ4n) is 2.29. The SMILES string of the molecule is CN(C)CCCn1nc(N)c2nc3cc(Cl)ccc3nc21. The van der Waals surface area contributed by atoms with E-state index in [4.69, 9.17) is 17.3 Å². The minimum atomic E-state index is 0.407. The van der Waals surface area contributed by atoms with Gasteiger partial charge in [0.1, 0.15) is 0 Å². The summed E-state index contributed by atoms with van der Waals surface area (Å²) in [6.07, 6.45) is 0.976. The van der Waals surface area contributed by atoms with Gasteiger partial charge in [0.05, 0.1) is 11.0 Å². The predicted octanol–water partition coefficient (Wildman–Crippen LogP) is 2.17. The summed E-state index contributed by atoms with van der Waals surface area (Å²) >= 11 is 5.99. The number of fused-ring (bicyclic) bond motifs is 2. The van der Waals surface area contributed by atoms with Crippen molar-refractivity contribution in [2.24, 2.45) is 0 Å². The fourth-order valence-corrected chi connectivity index (χ4v) is 2.45. The number of nitrogens with zero attached hydrogens (tertiary/aromatic N) is 5. The van der Waals surface area contributed by atoms with Gasteiger partial charge in [0.15, 0.2) is 17.0 Å². The van der Waals surface area contributed by atoms with Crippen LogP contribution in [0, 0.1) is 0 Å². The molecule has 0 bridgehead atoms. The van der Waals surface area contributed by atoms with Gasteiger partial charge in [-0.1, -0.05) is 11.6 Å². The van der Waals surface area contributed by atoms with Crippen LogP contribution in [-0.2, 0) is 6.54 Å². The molecule has 3 rings (SSSR count). The standard InChI is InChI=1S/C14H17ClN6/c1-20(2)6-3-7-21-14-12(13(16)19-21)17-11-8-9(15)4-5-10(11)18-14/h4-5,8H,3,6-7H2,1-2H3,(H2,16,19). The summed E-state index contributed by atoms with van der Waals surface area (Å²) in [5.74, 6) is 0.407. The van der Waals surface area contributed by atoms with E-state index in [9.17, 15) is 0 Å². The number of aromatic nitrogens is 4. The minimum Gasteiger partial charge on any atom is -0.380 e. The van der Waals surface area contributed by atoms with Crippen molar-refractivity contribution in [1.29, 1.82) is 0 Å². The summed E-state index contributed by atoms with van der Waals surface area (Å²) in [6, 6.07) is 5.45. The quantitative estimate of drug-likeness (QED) is 0.799. The van der Waals surface area contributed by atoms with Crippen LogP contribution in [0.15, 0.2) is 18.2 Å². The topological polar surface area (TPSA) is 72.9 Å². The molecule has 0 saturated heterocycles. The van der Waals surface area contributed by atoms with Crippen molar-refractivity contribution >= 4 is 39.6 Å². The zero-order valence-corrected chi connectivity index (χ0v) is 12.8. The van der Waals surface area contributed by atoms with Crippen molar-refractivity contribution < 1.29 is 0 Å². The summed E-state index contributed by atoms with van der Waals surface area (Å²) in [6.45, 7) is 1.75. The maximum absolute atomic E-state index is 5.99. The molecule has 2 heterocycles. The third-order valence-corrected chi connectivity index (χ3v) is 3.53. The van der Waals surface area contributed by atoms with Crippen LogP contribution in [0.5, 0.6) is 0 Å². The number of nitrogens with two attached hydrogens (primary N) is 1. The van der Waals surface area contributed by atoms with E-state index in [2.05, 4.69) is 20.0 Å². The number of rotatable bonds is 4. The molecule has 3 aromatic rings. The number of benzene rings is 1. The first kappa shape index (κ1) is 14.0. The third kappa shape index (κ3) is 2.77. The van der Waals surface area contributed by atoms with E-state index in [-0.39, 0.29) is 0 Å². The Morgan fingerprint density at radius 2 is 2.05 bits per heavy atom. The van der Waals surface area contributed by atoms with Gasteiger partial charge in [-0.25, -0.2) is 14.6 Å². The zero-order chi connectivity index (χ0) is 15.0. The van der Waals surface area contributed by atoms with Gasteiger partial charge in [-0.3, -0.25) is 0 Å². The van der Waals surface area contributed by atoms with Crippen molar-refractivity contribution in [1.82, 2.24) is 24.6 Å². The van der Waals surface area contributed by atoms with Crippen molar-refractivity contribution in [3.8, 4) is 0 Å². The molecule has 0 atom stereocenters. The first-order chi connectivity index (χ1) is 10.0. The van der Waals surface area contributed by atoms with Gasteiger partial charge < -0.3 is 10.6 Å². The average molecular weight is 305 g/mol. The molecule has 7 heteroatoms. The number of hydrogen-bond donors (Lipinski definition) is 1. The maximum atomic E-state index is 5.99. The number of halogens is 1. The molecule has 0 spiro atoms. The van der Waals surface area contributed by atoms with Gasteiger partial charge in [0.25, 0.3) is 0 Å². The van der Waals surface area contributed by atoms with E-state index < -0.39 is 0 Å². The second-order valence-electron chi connectivity index (χ2n) is 5.29. The Balaban J connectivity index is 2.04. The summed E-state index contributed by atoms with van der Waals surface area (Å²) in [4.78, 5) is 11.3. The summed E-state index contributed by atoms with van der Waals surface area (Å²) in [7, 11) is 4.10. The Labute approximate surface area is 127 Å². The van der Waals surface area contributed by atoms with Crippen LogP contribution < -0.4 is 5.73 Å². The van der Waals surface area contributed by atoms with Gasteiger partial charge in [0, 0.05) is 11.6 Å². The molecule has 110 valence electrons. The van der Waals surface area contributed by atoms with Gasteiger partial charge >= 0.3 is 0 Å². The monoisotopic (exact) mass is 304 g/mol. The van der Waals surface area contributed by atoms with Crippen LogP contribution in [0.1, 0.15) is 6.42 Å². The highest BCUT2D eigenvalue weighted by Gasteiger charge is 2.12. The Morgan fingerprint density at radius 3 is 2.81 bits per heavy atom. The minimum absolute atomic E-state index is 0.407. The summed E-state index contributed by atoms with van der Waals surface area (Å²) in [5.41, 5.74) is 8.84. The lowest BCUT2D eigenvalue weighted by Crippen LogP contribution is -2.15. The van der Waals surface area contributed by atoms with Crippen molar-refractivity contribution in [3.63, 3.8) is 0 Å². The lowest BCUT2D eigenvalue weighted by Gasteiger charge is -2.09. The van der Waals surface area contributed by atoms with E-state index in [0.29, 0.717) is 16.4 Å². The van der Waals surface area contributed by atoms with Crippen LogP contribution in [0.25, 0.3) is 22.2 Å². The second-order valence-corrected chi connectivity index (χ2v) is 5.73. The van der Waals surface area contributed by atoms with Crippen LogP contribution in [0.4, 0.5) is 5.82 Å². The molecule has 0 aliphatic heterocycles. The highest BCUT2D eigenvalue weighted by Crippen LogP contribution is 2.22. The molecule has 1 aromatic carbocycles. The number of anilines is 1. The fraction of sp³-hybridized carbons (Fsp3) is 0.357. The normalized spacial score (nSPS) is 11.8. The zero-order valence-electron chi connectivity index (χ0n) is 12.0.